The average Bonchev–Trinajstić information content (AvgIpc) is 2.83. The van der Waals surface area contributed by atoms with Crippen LogP contribution in [0.15, 0.2) is 30.5 Å². The Morgan fingerprint density at radius 3 is 2.47 bits per heavy atom. The zero-order valence-electron chi connectivity index (χ0n) is 11.5. The van der Waals surface area contributed by atoms with E-state index in [4.69, 9.17) is 10.8 Å². The lowest BCUT2D eigenvalue weighted by atomic mass is 9.96. The molecule has 0 radical (unpaired) electrons. The van der Waals surface area contributed by atoms with E-state index in [0.29, 0.717) is 6.04 Å². The van der Waals surface area contributed by atoms with Crippen LogP contribution in [-0.2, 0) is 0 Å². The fourth-order valence-corrected chi connectivity index (χ4v) is 2.87. The molecule has 3 heteroatoms. The molecule has 1 aromatic carbocycles. The Bertz CT molecular complexity index is 548. The van der Waals surface area contributed by atoms with Crippen LogP contribution in [0.2, 0.25) is 0 Å². The molecule has 3 nitrogen and oxygen atoms in total. The first-order chi connectivity index (χ1) is 9.24. The summed E-state index contributed by atoms with van der Waals surface area (Å²) < 4.78 is 2.09. The Morgan fingerprint density at radius 1 is 1.11 bits per heavy atom. The summed E-state index contributed by atoms with van der Waals surface area (Å²) in [5, 5.41) is 4.73. The molecule has 1 heterocycles. The summed E-state index contributed by atoms with van der Waals surface area (Å²) in [5.41, 5.74) is 10.2. The van der Waals surface area contributed by atoms with Crippen LogP contribution in [0, 0.1) is 6.92 Å². The Balaban J connectivity index is 1.90. The maximum absolute atomic E-state index is 6.13. The summed E-state index contributed by atoms with van der Waals surface area (Å²) in [6.07, 6.45) is 8.45. The second-order valence-corrected chi connectivity index (χ2v) is 5.57. The van der Waals surface area contributed by atoms with E-state index in [0.717, 1.165) is 16.9 Å². The molecule has 100 valence electrons. The maximum atomic E-state index is 6.13. The molecule has 0 unspecified atom stereocenters. The van der Waals surface area contributed by atoms with E-state index in [2.05, 4.69) is 35.9 Å². The molecule has 0 amide bonds. The first-order valence-corrected chi connectivity index (χ1v) is 7.16. The minimum Gasteiger partial charge on any atom is -0.396 e. The number of hydrogen-bond donors (Lipinski definition) is 1. The fraction of sp³-hybridized carbons (Fsp3) is 0.438. The van der Waals surface area contributed by atoms with Gasteiger partial charge in [0.05, 0.1) is 11.7 Å². The predicted molar refractivity (Wildman–Crippen MR) is 78.9 cm³/mol. The van der Waals surface area contributed by atoms with Gasteiger partial charge in [0.15, 0.2) is 0 Å². The largest absolute Gasteiger partial charge is 0.396 e. The van der Waals surface area contributed by atoms with Crippen molar-refractivity contribution in [2.45, 2.75) is 45.1 Å². The van der Waals surface area contributed by atoms with Crippen molar-refractivity contribution in [1.29, 1.82) is 0 Å². The van der Waals surface area contributed by atoms with Gasteiger partial charge in [0.2, 0.25) is 0 Å². The molecular formula is C16H21N3. The van der Waals surface area contributed by atoms with Crippen LogP contribution >= 0.6 is 0 Å². The Morgan fingerprint density at radius 2 is 1.79 bits per heavy atom. The van der Waals surface area contributed by atoms with Gasteiger partial charge in [-0.2, -0.15) is 5.10 Å². The van der Waals surface area contributed by atoms with Crippen LogP contribution in [0.4, 0.5) is 5.69 Å². The molecule has 1 saturated carbocycles. The van der Waals surface area contributed by atoms with Gasteiger partial charge in [-0.25, -0.2) is 0 Å². The summed E-state index contributed by atoms with van der Waals surface area (Å²) in [6, 6.07) is 8.94. The topological polar surface area (TPSA) is 43.8 Å². The van der Waals surface area contributed by atoms with Crippen LogP contribution in [-0.4, -0.2) is 9.78 Å². The van der Waals surface area contributed by atoms with Crippen molar-refractivity contribution in [2.24, 2.45) is 0 Å². The van der Waals surface area contributed by atoms with Gasteiger partial charge in [-0.15, -0.1) is 0 Å². The molecule has 0 spiro atoms. The normalized spacial score (nSPS) is 16.7. The molecule has 2 aromatic rings. The van der Waals surface area contributed by atoms with Gasteiger partial charge in [0.25, 0.3) is 0 Å². The lowest BCUT2D eigenvalue weighted by molar-refractivity contribution is 0.330. The van der Waals surface area contributed by atoms with Crippen LogP contribution in [0.25, 0.3) is 11.3 Å². The number of nitrogens with zero attached hydrogens (tertiary/aromatic N) is 2. The molecule has 0 atom stereocenters. The van der Waals surface area contributed by atoms with E-state index in [-0.39, 0.29) is 0 Å². The van der Waals surface area contributed by atoms with Crippen LogP contribution < -0.4 is 5.73 Å². The van der Waals surface area contributed by atoms with E-state index < -0.39 is 0 Å². The second kappa shape index (κ2) is 5.08. The highest BCUT2D eigenvalue weighted by Crippen LogP contribution is 2.31. The van der Waals surface area contributed by atoms with Crippen molar-refractivity contribution in [3.63, 3.8) is 0 Å². The smallest absolute Gasteiger partial charge is 0.115 e. The van der Waals surface area contributed by atoms with Gasteiger partial charge >= 0.3 is 0 Å². The third-order valence-electron chi connectivity index (χ3n) is 4.03. The Labute approximate surface area is 114 Å². The number of hydrogen-bond acceptors (Lipinski definition) is 2. The highest BCUT2D eigenvalue weighted by atomic mass is 15.3. The third-order valence-corrected chi connectivity index (χ3v) is 4.03. The van der Waals surface area contributed by atoms with Crippen molar-refractivity contribution < 1.29 is 0 Å². The van der Waals surface area contributed by atoms with Crippen molar-refractivity contribution in [3.8, 4) is 11.3 Å². The second-order valence-electron chi connectivity index (χ2n) is 5.57. The number of nitrogens with two attached hydrogens (primary N) is 1. The predicted octanol–water partition coefficient (Wildman–Crippen LogP) is 3.95. The quantitative estimate of drug-likeness (QED) is 0.883. The van der Waals surface area contributed by atoms with Gasteiger partial charge in [-0.05, 0) is 19.8 Å². The molecule has 2 N–H and O–H groups in total. The summed E-state index contributed by atoms with van der Waals surface area (Å²) in [6.45, 7) is 2.09. The minimum absolute atomic E-state index is 0.537. The number of rotatable bonds is 2. The zero-order valence-corrected chi connectivity index (χ0v) is 11.5. The number of nitrogen functional groups attached to an aromatic ring is 1. The summed E-state index contributed by atoms with van der Waals surface area (Å²) in [5.74, 6) is 0. The van der Waals surface area contributed by atoms with Gasteiger partial charge in [0, 0.05) is 11.8 Å². The number of anilines is 1. The molecule has 1 fully saturated rings. The van der Waals surface area contributed by atoms with Gasteiger partial charge in [-0.1, -0.05) is 49.1 Å². The zero-order chi connectivity index (χ0) is 13.2. The lowest BCUT2D eigenvalue weighted by Crippen LogP contribution is -2.13. The van der Waals surface area contributed by atoms with Crippen LogP contribution in [0.1, 0.15) is 43.7 Å². The van der Waals surface area contributed by atoms with E-state index in [9.17, 15) is 0 Å². The molecule has 0 bridgehead atoms. The molecule has 1 aliphatic carbocycles. The Hall–Kier alpha value is -1.77. The molecular weight excluding hydrogens is 234 g/mol. The minimum atomic E-state index is 0.537. The Kier molecular flexibility index (Phi) is 3.28. The molecule has 3 rings (SSSR count). The summed E-state index contributed by atoms with van der Waals surface area (Å²) >= 11 is 0. The standard InChI is InChI=1S/C16H21N3/c1-12-7-9-13(10-8-12)16-15(17)11-19(18-16)14-5-3-2-4-6-14/h7-11,14H,2-6,17H2,1H3. The lowest BCUT2D eigenvalue weighted by Gasteiger charge is -2.21. The summed E-state index contributed by atoms with van der Waals surface area (Å²) in [7, 11) is 0. The fourth-order valence-electron chi connectivity index (χ4n) is 2.87. The van der Waals surface area contributed by atoms with Gasteiger partial charge < -0.3 is 5.73 Å². The maximum Gasteiger partial charge on any atom is 0.115 e. The van der Waals surface area contributed by atoms with E-state index in [1.165, 1.54) is 37.7 Å². The first kappa shape index (κ1) is 12.3. The number of aryl methyl sites for hydroxylation is 1. The van der Waals surface area contributed by atoms with Crippen molar-refractivity contribution >= 4 is 5.69 Å². The van der Waals surface area contributed by atoms with Crippen molar-refractivity contribution in [2.75, 3.05) is 5.73 Å². The third kappa shape index (κ3) is 2.50. The highest BCUT2D eigenvalue weighted by molar-refractivity contribution is 5.72. The van der Waals surface area contributed by atoms with E-state index in [1.807, 2.05) is 6.20 Å². The van der Waals surface area contributed by atoms with Crippen molar-refractivity contribution in [3.05, 3.63) is 36.0 Å². The number of aromatic nitrogens is 2. The average molecular weight is 255 g/mol. The van der Waals surface area contributed by atoms with E-state index >= 15 is 0 Å². The molecule has 19 heavy (non-hydrogen) atoms. The van der Waals surface area contributed by atoms with E-state index in [1.54, 1.807) is 0 Å². The van der Waals surface area contributed by atoms with Crippen LogP contribution in [0.5, 0.6) is 0 Å². The van der Waals surface area contributed by atoms with Crippen LogP contribution in [0.3, 0.4) is 0 Å². The molecule has 1 aliphatic rings. The molecule has 0 saturated heterocycles. The first-order valence-electron chi connectivity index (χ1n) is 7.16. The monoisotopic (exact) mass is 255 g/mol. The van der Waals surface area contributed by atoms with Gasteiger partial charge in [0.1, 0.15) is 5.69 Å². The number of benzene rings is 1. The molecule has 1 aromatic heterocycles. The summed E-state index contributed by atoms with van der Waals surface area (Å²) in [4.78, 5) is 0. The molecule has 0 aliphatic heterocycles. The van der Waals surface area contributed by atoms with Crippen molar-refractivity contribution in [1.82, 2.24) is 9.78 Å². The van der Waals surface area contributed by atoms with Gasteiger partial charge in [-0.3, -0.25) is 4.68 Å². The SMILES string of the molecule is Cc1ccc(-c2nn(C3CCCCC3)cc2N)cc1. The highest BCUT2D eigenvalue weighted by Gasteiger charge is 2.18.